The lowest BCUT2D eigenvalue weighted by atomic mass is 10.1. The van der Waals surface area contributed by atoms with Gasteiger partial charge in [0.1, 0.15) is 11.7 Å². The van der Waals surface area contributed by atoms with E-state index in [0.717, 1.165) is 0 Å². The van der Waals surface area contributed by atoms with Crippen LogP contribution in [-0.2, 0) is 6.54 Å². The van der Waals surface area contributed by atoms with Crippen molar-refractivity contribution in [1.29, 1.82) is 5.41 Å². The van der Waals surface area contributed by atoms with Crippen LogP contribution in [0, 0.1) is 11.2 Å². The lowest BCUT2D eigenvalue weighted by molar-refractivity contribution is 0.162. The van der Waals surface area contributed by atoms with Gasteiger partial charge in [-0.05, 0) is 26.5 Å². The molecule has 1 rings (SSSR count). The molecule has 100 valence electrons. The Morgan fingerprint density at radius 1 is 1.56 bits per heavy atom. The molecule has 0 heterocycles. The number of hydrogen-bond donors (Lipinski definition) is 3. The van der Waals surface area contributed by atoms with Crippen molar-refractivity contribution < 1.29 is 9.50 Å². The van der Waals surface area contributed by atoms with Crippen molar-refractivity contribution in [1.82, 2.24) is 4.90 Å². The van der Waals surface area contributed by atoms with Crippen LogP contribution in [0.4, 0.5) is 4.39 Å². The number of nitrogens with two attached hydrogens (primary N) is 1. The number of halogens is 1. The minimum atomic E-state index is -0.436. The molecule has 4 N–H and O–H groups in total. The summed E-state index contributed by atoms with van der Waals surface area (Å²) >= 11 is 0. The highest BCUT2D eigenvalue weighted by atomic mass is 19.1. The zero-order valence-corrected chi connectivity index (χ0v) is 10.8. The summed E-state index contributed by atoms with van der Waals surface area (Å²) in [5.74, 6) is -0.699. The van der Waals surface area contributed by atoms with E-state index in [1.807, 2.05) is 11.9 Å². The fourth-order valence-electron chi connectivity index (χ4n) is 1.69. The van der Waals surface area contributed by atoms with Gasteiger partial charge in [0.2, 0.25) is 0 Å². The molecular formula is C13H20FN3O. The summed E-state index contributed by atoms with van der Waals surface area (Å²) in [6, 6.07) is 4.87. The fourth-order valence-corrected chi connectivity index (χ4v) is 1.69. The second-order valence-corrected chi connectivity index (χ2v) is 4.57. The first-order valence-corrected chi connectivity index (χ1v) is 5.90. The maximum Gasteiger partial charge on any atom is 0.138 e. The first kappa shape index (κ1) is 14.6. The van der Waals surface area contributed by atoms with Gasteiger partial charge in [-0.25, -0.2) is 4.39 Å². The minimum Gasteiger partial charge on any atom is -0.393 e. The molecule has 0 saturated carbocycles. The van der Waals surface area contributed by atoms with Crippen molar-refractivity contribution in [3.63, 3.8) is 0 Å². The second kappa shape index (κ2) is 6.47. The van der Waals surface area contributed by atoms with E-state index in [1.54, 1.807) is 19.1 Å². The number of benzene rings is 1. The third-order valence-electron chi connectivity index (χ3n) is 2.74. The maximum atomic E-state index is 14.0. The minimum absolute atomic E-state index is 0.136. The van der Waals surface area contributed by atoms with E-state index < -0.39 is 5.82 Å². The van der Waals surface area contributed by atoms with Gasteiger partial charge in [0.25, 0.3) is 0 Å². The molecule has 0 spiro atoms. The zero-order valence-electron chi connectivity index (χ0n) is 10.8. The molecule has 4 nitrogen and oxygen atoms in total. The Hall–Kier alpha value is -1.46. The molecule has 1 aromatic carbocycles. The largest absolute Gasteiger partial charge is 0.393 e. The molecule has 1 atom stereocenters. The van der Waals surface area contributed by atoms with Crippen molar-refractivity contribution >= 4 is 5.84 Å². The standard InChI is InChI=1S/C13H20FN3O/c1-9(18)6-7-17(2)8-10-4-3-5-11(12(10)14)13(15)16/h3-5,9,18H,6-8H2,1-2H3,(H3,15,16). The normalized spacial score (nSPS) is 12.7. The van der Waals surface area contributed by atoms with Gasteiger partial charge in [-0.3, -0.25) is 5.41 Å². The maximum absolute atomic E-state index is 14.0. The molecule has 0 saturated heterocycles. The SMILES string of the molecule is CC(O)CCN(C)Cc1cccc(C(=N)N)c1F. The highest BCUT2D eigenvalue weighted by Gasteiger charge is 2.11. The molecule has 0 aliphatic rings. The van der Waals surface area contributed by atoms with E-state index in [0.29, 0.717) is 25.1 Å². The Balaban J connectivity index is 2.73. The highest BCUT2D eigenvalue weighted by Crippen LogP contribution is 2.14. The first-order valence-electron chi connectivity index (χ1n) is 5.90. The smallest absolute Gasteiger partial charge is 0.138 e. The second-order valence-electron chi connectivity index (χ2n) is 4.57. The summed E-state index contributed by atoms with van der Waals surface area (Å²) in [4.78, 5) is 1.93. The third-order valence-corrected chi connectivity index (χ3v) is 2.74. The first-order chi connectivity index (χ1) is 8.41. The van der Waals surface area contributed by atoms with E-state index in [1.165, 1.54) is 6.07 Å². The third kappa shape index (κ3) is 4.09. The molecule has 0 aliphatic heterocycles. The van der Waals surface area contributed by atoms with E-state index in [4.69, 9.17) is 11.1 Å². The topological polar surface area (TPSA) is 73.3 Å². The predicted molar refractivity (Wildman–Crippen MR) is 70.0 cm³/mol. The molecule has 1 aromatic rings. The van der Waals surface area contributed by atoms with Crippen LogP contribution in [-0.4, -0.2) is 35.5 Å². The van der Waals surface area contributed by atoms with Crippen LogP contribution in [0.25, 0.3) is 0 Å². The number of nitrogen functional groups attached to an aromatic ring is 1. The van der Waals surface area contributed by atoms with Crippen molar-refractivity contribution in [3.8, 4) is 0 Å². The number of aliphatic hydroxyl groups excluding tert-OH is 1. The Morgan fingerprint density at radius 2 is 2.22 bits per heavy atom. The Kier molecular flexibility index (Phi) is 5.25. The van der Waals surface area contributed by atoms with E-state index >= 15 is 0 Å². The Labute approximate surface area is 107 Å². The van der Waals surface area contributed by atoms with Crippen LogP contribution >= 0.6 is 0 Å². The molecule has 0 aliphatic carbocycles. The zero-order chi connectivity index (χ0) is 13.7. The summed E-state index contributed by atoms with van der Waals surface area (Å²) in [7, 11) is 1.86. The molecular weight excluding hydrogens is 233 g/mol. The summed E-state index contributed by atoms with van der Waals surface area (Å²) < 4.78 is 14.0. The number of rotatable bonds is 6. The molecule has 0 aromatic heterocycles. The molecule has 5 heteroatoms. The number of hydrogen-bond acceptors (Lipinski definition) is 3. The van der Waals surface area contributed by atoms with Crippen LogP contribution in [0.5, 0.6) is 0 Å². The van der Waals surface area contributed by atoms with Crippen molar-refractivity contribution in [2.24, 2.45) is 5.73 Å². The van der Waals surface area contributed by atoms with Crippen LogP contribution in [0.15, 0.2) is 18.2 Å². The fraction of sp³-hybridized carbons (Fsp3) is 0.462. The van der Waals surface area contributed by atoms with Gasteiger partial charge in [-0.15, -0.1) is 0 Å². The van der Waals surface area contributed by atoms with Gasteiger partial charge in [-0.1, -0.05) is 12.1 Å². The average molecular weight is 253 g/mol. The lowest BCUT2D eigenvalue weighted by Gasteiger charge is -2.18. The highest BCUT2D eigenvalue weighted by molar-refractivity contribution is 5.95. The lowest BCUT2D eigenvalue weighted by Crippen LogP contribution is -2.23. The van der Waals surface area contributed by atoms with Crippen LogP contribution < -0.4 is 5.73 Å². The van der Waals surface area contributed by atoms with Crippen LogP contribution in [0.2, 0.25) is 0 Å². The average Bonchev–Trinajstić information content (AvgIpc) is 2.29. The van der Waals surface area contributed by atoms with Gasteiger partial charge in [0, 0.05) is 18.7 Å². The van der Waals surface area contributed by atoms with Gasteiger partial charge >= 0.3 is 0 Å². The van der Waals surface area contributed by atoms with Crippen molar-refractivity contribution in [3.05, 3.63) is 35.1 Å². The molecule has 18 heavy (non-hydrogen) atoms. The van der Waals surface area contributed by atoms with E-state index in [2.05, 4.69) is 0 Å². The molecule has 1 unspecified atom stereocenters. The van der Waals surface area contributed by atoms with E-state index in [-0.39, 0.29) is 17.5 Å². The molecule has 0 bridgehead atoms. The molecule has 0 amide bonds. The van der Waals surface area contributed by atoms with Gasteiger partial charge < -0.3 is 15.7 Å². The van der Waals surface area contributed by atoms with Crippen molar-refractivity contribution in [2.45, 2.75) is 26.0 Å². The molecule has 0 fully saturated rings. The quantitative estimate of drug-likeness (QED) is 0.528. The van der Waals surface area contributed by atoms with Crippen molar-refractivity contribution in [2.75, 3.05) is 13.6 Å². The number of nitrogens with zero attached hydrogens (tertiary/aromatic N) is 1. The Bertz CT molecular complexity index is 421. The van der Waals surface area contributed by atoms with Gasteiger partial charge in [0.15, 0.2) is 0 Å². The Morgan fingerprint density at radius 3 is 2.78 bits per heavy atom. The van der Waals surface area contributed by atoms with Crippen LogP contribution in [0.1, 0.15) is 24.5 Å². The van der Waals surface area contributed by atoms with Gasteiger partial charge in [-0.2, -0.15) is 0 Å². The van der Waals surface area contributed by atoms with Gasteiger partial charge in [0.05, 0.1) is 11.7 Å². The summed E-state index contributed by atoms with van der Waals surface area (Å²) in [6.45, 7) is 2.84. The summed E-state index contributed by atoms with van der Waals surface area (Å²) in [6.07, 6.45) is 0.283. The summed E-state index contributed by atoms with van der Waals surface area (Å²) in [5, 5.41) is 16.5. The number of nitrogens with one attached hydrogen (secondary N) is 1. The van der Waals surface area contributed by atoms with Crippen LogP contribution in [0.3, 0.4) is 0 Å². The van der Waals surface area contributed by atoms with E-state index in [9.17, 15) is 9.50 Å². The monoisotopic (exact) mass is 253 g/mol. The number of aliphatic hydroxyl groups is 1. The molecule has 0 radical (unpaired) electrons. The summed E-state index contributed by atoms with van der Waals surface area (Å²) in [5.41, 5.74) is 5.95. The predicted octanol–water partition coefficient (Wildman–Crippen LogP) is 1.31. The number of amidine groups is 1.